The SMILES string of the molecule is Cc1c(Cl)cccc1Nc1ncnc(Nc2cc(F)ccc2F)c1N. The Morgan fingerprint density at radius 2 is 1.68 bits per heavy atom. The number of nitrogens with one attached hydrogen (secondary N) is 2. The Morgan fingerprint density at radius 1 is 1.00 bits per heavy atom. The maximum absolute atomic E-state index is 13.8. The fourth-order valence-corrected chi connectivity index (χ4v) is 2.36. The highest BCUT2D eigenvalue weighted by Gasteiger charge is 2.12. The normalized spacial score (nSPS) is 10.6. The molecule has 8 heteroatoms. The molecule has 0 unspecified atom stereocenters. The summed E-state index contributed by atoms with van der Waals surface area (Å²) >= 11 is 6.10. The van der Waals surface area contributed by atoms with Gasteiger partial charge in [-0.25, -0.2) is 18.7 Å². The van der Waals surface area contributed by atoms with Crippen molar-refractivity contribution < 1.29 is 8.78 Å². The fraction of sp³-hybridized carbons (Fsp3) is 0.0588. The minimum atomic E-state index is -0.625. The van der Waals surface area contributed by atoms with Crippen LogP contribution in [0.1, 0.15) is 5.56 Å². The van der Waals surface area contributed by atoms with Crippen molar-refractivity contribution in [2.75, 3.05) is 16.4 Å². The Bertz CT molecular complexity index is 911. The van der Waals surface area contributed by atoms with Crippen molar-refractivity contribution in [3.05, 3.63) is 64.9 Å². The molecule has 2 aromatic carbocycles. The summed E-state index contributed by atoms with van der Waals surface area (Å²) in [7, 11) is 0. The standard InChI is InChI=1S/C17H14ClF2N5/c1-9-11(18)3-2-4-13(9)24-16-15(21)17(23-8-22-16)25-14-7-10(19)5-6-12(14)20/h2-8H,21H2,1H3,(H2,22,23,24,25). The highest BCUT2D eigenvalue weighted by atomic mass is 35.5. The van der Waals surface area contributed by atoms with Crippen molar-refractivity contribution in [1.82, 2.24) is 9.97 Å². The average molecular weight is 362 g/mol. The van der Waals surface area contributed by atoms with Crippen LogP contribution < -0.4 is 16.4 Å². The molecule has 1 heterocycles. The third-order valence-electron chi connectivity index (χ3n) is 3.59. The first-order valence-electron chi connectivity index (χ1n) is 7.30. The number of benzene rings is 2. The highest BCUT2D eigenvalue weighted by molar-refractivity contribution is 6.31. The van der Waals surface area contributed by atoms with Gasteiger partial charge in [0.25, 0.3) is 0 Å². The smallest absolute Gasteiger partial charge is 0.159 e. The largest absolute Gasteiger partial charge is 0.393 e. The van der Waals surface area contributed by atoms with E-state index in [9.17, 15) is 8.78 Å². The molecule has 25 heavy (non-hydrogen) atoms. The number of rotatable bonds is 4. The van der Waals surface area contributed by atoms with E-state index in [1.165, 1.54) is 6.33 Å². The summed E-state index contributed by atoms with van der Waals surface area (Å²) in [6.07, 6.45) is 1.26. The molecule has 0 fully saturated rings. The van der Waals surface area contributed by atoms with Gasteiger partial charge in [-0.15, -0.1) is 0 Å². The first-order chi connectivity index (χ1) is 12.0. The van der Waals surface area contributed by atoms with E-state index in [0.717, 1.165) is 29.4 Å². The predicted molar refractivity (Wildman–Crippen MR) is 95.6 cm³/mol. The van der Waals surface area contributed by atoms with E-state index < -0.39 is 11.6 Å². The van der Waals surface area contributed by atoms with Crippen LogP contribution in [0.15, 0.2) is 42.7 Å². The maximum Gasteiger partial charge on any atom is 0.159 e. The number of halogens is 3. The maximum atomic E-state index is 13.8. The van der Waals surface area contributed by atoms with Crippen molar-refractivity contribution in [3.63, 3.8) is 0 Å². The molecular formula is C17H14ClF2N5. The van der Waals surface area contributed by atoms with Crippen LogP contribution in [-0.2, 0) is 0 Å². The van der Waals surface area contributed by atoms with Crippen LogP contribution in [0.2, 0.25) is 5.02 Å². The Morgan fingerprint density at radius 3 is 2.40 bits per heavy atom. The zero-order chi connectivity index (χ0) is 18.0. The van der Waals surface area contributed by atoms with Gasteiger partial charge < -0.3 is 16.4 Å². The minimum Gasteiger partial charge on any atom is -0.393 e. The van der Waals surface area contributed by atoms with E-state index in [1.807, 2.05) is 13.0 Å². The molecule has 0 spiro atoms. The zero-order valence-electron chi connectivity index (χ0n) is 13.1. The summed E-state index contributed by atoms with van der Waals surface area (Å²) < 4.78 is 27.1. The molecule has 0 atom stereocenters. The van der Waals surface area contributed by atoms with Gasteiger partial charge >= 0.3 is 0 Å². The zero-order valence-corrected chi connectivity index (χ0v) is 13.9. The van der Waals surface area contributed by atoms with Crippen molar-refractivity contribution in [2.24, 2.45) is 0 Å². The van der Waals surface area contributed by atoms with Gasteiger partial charge in [0.15, 0.2) is 11.6 Å². The Hall–Kier alpha value is -2.93. The van der Waals surface area contributed by atoms with Gasteiger partial charge in [0.05, 0.1) is 5.69 Å². The predicted octanol–water partition coefficient (Wildman–Crippen LogP) is 4.79. The molecule has 0 aliphatic heterocycles. The lowest BCUT2D eigenvalue weighted by molar-refractivity contribution is 0.603. The van der Waals surface area contributed by atoms with Crippen LogP contribution in [0.5, 0.6) is 0 Å². The van der Waals surface area contributed by atoms with Crippen LogP contribution in [0.25, 0.3) is 0 Å². The Kier molecular flexibility index (Phi) is 4.67. The molecule has 5 nitrogen and oxygen atoms in total. The summed E-state index contributed by atoms with van der Waals surface area (Å²) in [5.41, 5.74) is 7.69. The van der Waals surface area contributed by atoms with Crippen LogP contribution >= 0.6 is 11.6 Å². The minimum absolute atomic E-state index is 0.0738. The van der Waals surface area contributed by atoms with Crippen molar-refractivity contribution in [1.29, 1.82) is 0 Å². The first kappa shape index (κ1) is 16.9. The van der Waals surface area contributed by atoms with Crippen LogP contribution in [0.4, 0.5) is 37.5 Å². The molecule has 128 valence electrons. The molecule has 4 N–H and O–H groups in total. The Labute approximate surface area is 147 Å². The first-order valence-corrected chi connectivity index (χ1v) is 7.68. The number of nitrogens with two attached hydrogens (primary N) is 1. The van der Waals surface area contributed by atoms with E-state index in [4.69, 9.17) is 17.3 Å². The second-order valence-corrected chi connectivity index (χ2v) is 5.68. The molecule has 0 aliphatic carbocycles. The van der Waals surface area contributed by atoms with E-state index >= 15 is 0 Å². The number of nitrogens with zero attached hydrogens (tertiary/aromatic N) is 2. The molecule has 0 amide bonds. The molecule has 3 aromatic rings. The van der Waals surface area contributed by atoms with Crippen molar-refractivity contribution in [2.45, 2.75) is 6.92 Å². The molecule has 0 radical (unpaired) electrons. The van der Waals surface area contributed by atoms with E-state index in [0.29, 0.717) is 10.8 Å². The molecule has 3 rings (SSSR count). The summed E-state index contributed by atoms with van der Waals surface area (Å²) in [6, 6.07) is 8.44. The van der Waals surface area contributed by atoms with Crippen LogP contribution in [-0.4, -0.2) is 9.97 Å². The van der Waals surface area contributed by atoms with Gasteiger partial charge in [-0.1, -0.05) is 17.7 Å². The summed E-state index contributed by atoms with van der Waals surface area (Å²) in [6.45, 7) is 1.85. The van der Waals surface area contributed by atoms with Crippen LogP contribution in [0, 0.1) is 18.6 Å². The highest BCUT2D eigenvalue weighted by Crippen LogP contribution is 2.31. The van der Waals surface area contributed by atoms with Gasteiger partial charge in [-0.3, -0.25) is 0 Å². The quantitative estimate of drug-likeness (QED) is 0.623. The summed E-state index contributed by atoms with van der Waals surface area (Å²) in [5.74, 6) is -0.731. The van der Waals surface area contributed by atoms with E-state index in [1.54, 1.807) is 12.1 Å². The molecule has 0 bridgehead atoms. The van der Waals surface area contributed by atoms with Gasteiger partial charge in [-0.2, -0.15) is 0 Å². The van der Waals surface area contributed by atoms with Crippen molar-refractivity contribution >= 4 is 40.3 Å². The lowest BCUT2D eigenvalue weighted by Gasteiger charge is -2.14. The van der Waals surface area contributed by atoms with Gasteiger partial charge in [0.1, 0.15) is 23.6 Å². The topological polar surface area (TPSA) is 75.9 Å². The number of hydrogen-bond acceptors (Lipinski definition) is 5. The second kappa shape index (κ2) is 6.90. The summed E-state index contributed by atoms with van der Waals surface area (Å²) in [5, 5.41) is 6.34. The molecule has 0 saturated heterocycles. The summed E-state index contributed by atoms with van der Waals surface area (Å²) in [4.78, 5) is 8.07. The monoisotopic (exact) mass is 361 g/mol. The third kappa shape index (κ3) is 3.61. The fourth-order valence-electron chi connectivity index (χ4n) is 2.19. The third-order valence-corrected chi connectivity index (χ3v) is 4.00. The lowest BCUT2D eigenvalue weighted by Crippen LogP contribution is -2.06. The molecular weight excluding hydrogens is 348 g/mol. The molecule has 0 aliphatic rings. The van der Waals surface area contributed by atoms with E-state index in [-0.39, 0.29) is 17.2 Å². The van der Waals surface area contributed by atoms with Gasteiger partial charge in [-0.05, 0) is 36.8 Å². The lowest BCUT2D eigenvalue weighted by atomic mass is 10.2. The second-order valence-electron chi connectivity index (χ2n) is 5.27. The molecule has 1 aromatic heterocycles. The van der Waals surface area contributed by atoms with E-state index in [2.05, 4.69) is 20.6 Å². The van der Waals surface area contributed by atoms with Crippen LogP contribution in [0.3, 0.4) is 0 Å². The van der Waals surface area contributed by atoms with Crippen molar-refractivity contribution in [3.8, 4) is 0 Å². The average Bonchev–Trinajstić information content (AvgIpc) is 2.58. The number of aromatic nitrogens is 2. The van der Waals surface area contributed by atoms with Gasteiger partial charge in [0.2, 0.25) is 0 Å². The molecule has 0 saturated carbocycles. The number of hydrogen-bond donors (Lipinski definition) is 3. The number of nitrogen functional groups attached to an aromatic ring is 1. The number of anilines is 5. The Balaban J connectivity index is 1.92. The van der Waals surface area contributed by atoms with Gasteiger partial charge in [0, 0.05) is 16.8 Å².